The molecule has 8 nitrogen and oxygen atoms in total. The minimum Gasteiger partial charge on any atom is -0.332 e. The van der Waals surface area contributed by atoms with E-state index in [0.717, 1.165) is 13.0 Å². The molecule has 16 heteroatoms. The van der Waals surface area contributed by atoms with Crippen molar-refractivity contribution >= 4 is 28.5 Å². The maximum Gasteiger partial charge on any atom is 0.449 e. The molecule has 0 saturated carbocycles. The Hall–Kier alpha value is -3.62. The molecule has 0 spiro atoms. The molecule has 4 rings (SSSR count). The van der Waals surface area contributed by atoms with Gasteiger partial charge in [-0.05, 0) is 12.5 Å². The Morgan fingerprint density at radius 1 is 0.891 bits per heavy atom. The highest BCUT2D eigenvalue weighted by Gasteiger charge is 2.37. The third-order valence-corrected chi connectivity index (χ3v) is 7.69. The lowest BCUT2D eigenvalue weighted by Gasteiger charge is -2.14. The first kappa shape index (κ1) is 36.8. The van der Waals surface area contributed by atoms with E-state index in [0.29, 0.717) is 19.5 Å². The van der Waals surface area contributed by atoms with Gasteiger partial charge in [-0.2, -0.15) is 26.3 Å². The van der Waals surface area contributed by atoms with Crippen LogP contribution in [-0.4, -0.2) is 36.5 Å². The summed E-state index contributed by atoms with van der Waals surface area (Å²) in [6.45, 7) is 3.19. The summed E-state index contributed by atoms with van der Waals surface area (Å²) in [6.07, 6.45) is 7.94. The second-order valence-electron chi connectivity index (χ2n) is 10.9. The minimum atomic E-state index is -5.07. The Balaban J connectivity index is 0.000000277. The second kappa shape index (κ2) is 15.8. The second-order valence-corrected chi connectivity index (χ2v) is 11.3. The van der Waals surface area contributed by atoms with Crippen LogP contribution in [0.3, 0.4) is 0 Å². The summed E-state index contributed by atoms with van der Waals surface area (Å²) in [5, 5.41) is -0.570. The zero-order valence-electron chi connectivity index (χ0n) is 25.3. The Bertz CT molecular complexity index is 1660. The van der Waals surface area contributed by atoms with E-state index in [1.54, 1.807) is 4.98 Å². The van der Waals surface area contributed by atoms with Crippen LogP contribution in [0.5, 0.6) is 0 Å². The predicted octanol–water partition coefficient (Wildman–Crippen LogP) is 7.90. The van der Waals surface area contributed by atoms with Crippen molar-refractivity contribution in [2.45, 2.75) is 89.9 Å². The quantitative estimate of drug-likeness (QED) is 0.155. The fraction of sp³-hybridized carbons (Fsp3) is 0.533. The number of fused-ring (bicyclic) bond motifs is 1. The molecule has 46 heavy (non-hydrogen) atoms. The van der Waals surface area contributed by atoms with E-state index >= 15 is 0 Å². The molecule has 1 aromatic carbocycles. The van der Waals surface area contributed by atoms with Crippen LogP contribution in [0.2, 0.25) is 5.02 Å². The normalized spacial score (nSPS) is 13.5. The number of alkyl halides is 6. The fourth-order valence-electron chi connectivity index (χ4n) is 4.99. The van der Waals surface area contributed by atoms with Crippen molar-refractivity contribution in [2.24, 2.45) is 7.05 Å². The zero-order chi connectivity index (χ0) is 34.2. The van der Waals surface area contributed by atoms with E-state index < -0.39 is 62.7 Å². The van der Waals surface area contributed by atoms with E-state index in [2.05, 4.69) is 11.9 Å². The number of carbonyl (C=O) groups excluding carboxylic acids is 1. The van der Waals surface area contributed by atoms with Crippen molar-refractivity contribution in [3.05, 3.63) is 67.6 Å². The number of halogens is 8. The van der Waals surface area contributed by atoms with Gasteiger partial charge in [0, 0.05) is 32.3 Å². The number of unbranched alkanes of at least 4 members (excludes halogenated alkanes) is 9. The number of benzene rings is 1. The number of amides is 1. The maximum atomic E-state index is 14.5. The van der Waals surface area contributed by atoms with Gasteiger partial charge in [0.25, 0.3) is 5.56 Å². The number of H-pyrrole nitrogens is 1. The number of hydrogen-bond donors (Lipinski definition) is 1. The van der Waals surface area contributed by atoms with Crippen molar-refractivity contribution in [1.82, 2.24) is 24.0 Å². The predicted molar refractivity (Wildman–Crippen MR) is 159 cm³/mol. The number of aromatic amines is 1. The van der Waals surface area contributed by atoms with Gasteiger partial charge in [-0.15, -0.1) is 0 Å². The largest absolute Gasteiger partial charge is 0.449 e. The van der Waals surface area contributed by atoms with Crippen LogP contribution in [-0.2, 0) is 24.2 Å². The highest BCUT2D eigenvalue weighted by molar-refractivity contribution is 6.35. The van der Waals surface area contributed by atoms with Gasteiger partial charge >= 0.3 is 18.0 Å². The summed E-state index contributed by atoms with van der Waals surface area (Å²) in [5.41, 5.74) is -7.31. The van der Waals surface area contributed by atoms with E-state index in [9.17, 15) is 45.1 Å². The van der Waals surface area contributed by atoms with Gasteiger partial charge in [0.2, 0.25) is 11.7 Å². The standard InChI is InChI=1S/C16H29NO.C14H6ClF7N4O2/c1-2-3-4-5-6-7-8-9-10-11-14-17-15-12-13-16(17)18;1-25-6(13(17,18)19)3-7(27)26(12(25)28)10-5(16)2-4(15)8-9(10)24-11(23-8)14(20,21)22/h12,15H,2-11,13-14H2,1H3;2-3H,1H3,(H,23,24). The monoisotopic (exact) mass is 681 g/mol. The highest BCUT2D eigenvalue weighted by Crippen LogP contribution is 2.34. The van der Waals surface area contributed by atoms with Crippen molar-refractivity contribution in [3.8, 4) is 5.69 Å². The van der Waals surface area contributed by atoms with Crippen LogP contribution < -0.4 is 11.2 Å². The van der Waals surface area contributed by atoms with Crippen LogP contribution in [0.1, 0.15) is 89.1 Å². The number of nitrogens with zero attached hydrogens (tertiary/aromatic N) is 4. The number of rotatable bonds is 12. The molecule has 0 aliphatic carbocycles. The first-order valence-electron chi connectivity index (χ1n) is 14.9. The van der Waals surface area contributed by atoms with Gasteiger partial charge in [-0.1, -0.05) is 82.4 Å². The Morgan fingerprint density at radius 2 is 1.48 bits per heavy atom. The molecule has 254 valence electrons. The highest BCUT2D eigenvalue weighted by atomic mass is 35.5. The number of imidazole rings is 1. The fourth-order valence-corrected chi connectivity index (χ4v) is 5.22. The molecule has 0 fully saturated rings. The summed E-state index contributed by atoms with van der Waals surface area (Å²) in [5.74, 6) is -2.76. The van der Waals surface area contributed by atoms with Crippen LogP contribution in [0.25, 0.3) is 16.7 Å². The van der Waals surface area contributed by atoms with E-state index in [1.165, 1.54) is 57.8 Å². The first-order valence-corrected chi connectivity index (χ1v) is 15.3. The van der Waals surface area contributed by atoms with Gasteiger partial charge in [0.15, 0.2) is 5.82 Å². The average Bonchev–Trinajstić information content (AvgIpc) is 3.60. The average molecular weight is 682 g/mol. The van der Waals surface area contributed by atoms with Crippen molar-refractivity contribution in [2.75, 3.05) is 6.54 Å². The molecule has 0 radical (unpaired) electrons. The zero-order valence-corrected chi connectivity index (χ0v) is 26.1. The SMILES string of the molecule is CCCCCCCCCCCCN1C=CCC1=O.Cn1c(C(F)(F)F)cc(=O)n(-c2c(F)cc(Cl)c3nc(C(F)(F)F)[nH]c23)c1=O. The maximum absolute atomic E-state index is 14.5. The molecule has 2 aromatic heterocycles. The smallest absolute Gasteiger partial charge is 0.332 e. The van der Waals surface area contributed by atoms with Gasteiger partial charge in [0.05, 0.1) is 10.5 Å². The molecule has 0 bridgehead atoms. The van der Waals surface area contributed by atoms with Crippen LogP contribution >= 0.6 is 11.6 Å². The van der Waals surface area contributed by atoms with Crippen molar-refractivity contribution < 1.29 is 35.5 Å². The van der Waals surface area contributed by atoms with Gasteiger partial charge < -0.3 is 9.88 Å². The molecular formula is C30H35ClF7N5O3. The summed E-state index contributed by atoms with van der Waals surface area (Å²) in [7, 11) is 0.667. The van der Waals surface area contributed by atoms with Crippen LogP contribution in [0.15, 0.2) is 34.0 Å². The number of hydrogen-bond acceptors (Lipinski definition) is 4. The van der Waals surface area contributed by atoms with Gasteiger partial charge in [-0.25, -0.2) is 18.7 Å². The molecule has 1 amide bonds. The number of carbonyl (C=O) groups is 1. The van der Waals surface area contributed by atoms with Crippen LogP contribution in [0, 0.1) is 5.82 Å². The molecule has 3 aromatic rings. The summed E-state index contributed by atoms with van der Waals surface area (Å²) < 4.78 is 91.9. The lowest BCUT2D eigenvalue weighted by atomic mass is 10.1. The Labute approximate surface area is 264 Å². The topological polar surface area (TPSA) is 93.0 Å². The molecule has 1 aliphatic heterocycles. The molecule has 0 saturated heterocycles. The lowest BCUT2D eigenvalue weighted by Crippen LogP contribution is -2.41. The molecule has 1 aliphatic rings. The summed E-state index contributed by atoms with van der Waals surface area (Å²) >= 11 is 5.67. The number of aromatic nitrogens is 4. The summed E-state index contributed by atoms with van der Waals surface area (Å²) in [6, 6.07) is 0.506. The minimum absolute atomic E-state index is 0.0162. The molecule has 0 unspecified atom stereocenters. The van der Waals surface area contributed by atoms with Crippen LogP contribution in [0.4, 0.5) is 30.7 Å². The van der Waals surface area contributed by atoms with E-state index in [-0.39, 0.29) is 21.1 Å². The summed E-state index contributed by atoms with van der Waals surface area (Å²) in [4.78, 5) is 42.5. The molecule has 1 N–H and O–H groups in total. The first-order chi connectivity index (χ1) is 21.6. The van der Waals surface area contributed by atoms with E-state index in [1.807, 2.05) is 17.2 Å². The lowest BCUT2D eigenvalue weighted by molar-refractivity contribution is -0.144. The van der Waals surface area contributed by atoms with Gasteiger partial charge in [-0.3, -0.25) is 14.2 Å². The Kier molecular flexibility index (Phi) is 12.6. The van der Waals surface area contributed by atoms with Crippen molar-refractivity contribution in [3.63, 3.8) is 0 Å². The van der Waals surface area contributed by atoms with Gasteiger partial charge in [0.1, 0.15) is 16.9 Å². The third kappa shape index (κ3) is 9.23. The van der Waals surface area contributed by atoms with Crippen molar-refractivity contribution in [1.29, 1.82) is 0 Å². The van der Waals surface area contributed by atoms with E-state index in [4.69, 9.17) is 11.6 Å². The number of nitrogens with one attached hydrogen (secondary N) is 1. The Morgan fingerprint density at radius 3 is 2.00 bits per heavy atom. The third-order valence-electron chi connectivity index (χ3n) is 7.40. The molecular weight excluding hydrogens is 647 g/mol. The molecule has 3 heterocycles. The molecule has 0 atom stereocenters.